The smallest absolute Gasteiger partial charge is 0.240 e. The maximum Gasteiger partial charge on any atom is 0.240 e. The second kappa shape index (κ2) is 6.97. The maximum atomic E-state index is 12.2. The molecule has 0 rings (SSSR count). The SMILES string of the molecule is CCN(CCCN(C)C)C(=O)[C@H](N)C(C)(C)C. The zero-order chi connectivity index (χ0) is 13.6. The van der Waals surface area contributed by atoms with E-state index in [0.29, 0.717) is 0 Å². The molecule has 2 N–H and O–H groups in total. The highest BCUT2D eigenvalue weighted by Crippen LogP contribution is 2.19. The van der Waals surface area contributed by atoms with Crippen molar-refractivity contribution < 1.29 is 4.79 Å². The molecule has 0 radical (unpaired) electrons. The highest BCUT2D eigenvalue weighted by atomic mass is 16.2. The van der Waals surface area contributed by atoms with Crippen LogP contribution in [0.2, 0.25) is 0 Å². The molecule has 0 spiro atoms. The molecule has 17 heavy (non-hydrogen) atoms. The Hall–Kier alpha value is -0.610. The predicted octanol–water partition coefficient (Wildman–Crippen LogP) is 1.16. The highest BCUT2D eigenvalue weighted by molar-refractivity contribution is 5.82. The van der Waals surface area contributed by atoms with Crippen LogP contribution in [0.3, 0.4) is 0 Å². The molecule has 1 atom stereocenters. The Morgan fingerprint density at radius 1 is 1.24 bits per heavy atom. The minimum atomic E-state index is -0.415. The van der Waals surface area contributed by atoms with Gasteiger partial charge in [0.1, 0.15) is 0 Å². The average molecular weight is 243 g/mol. The van der Waals surface area contributed by atoms with Crippen molar-refractivity contribution in [1.82, 2.24) is 9.80 Å². The van der Waals surface area contributed by atoms with Gasteiger partial charge in [0.15, 0.2) is 0 Å². The molecule has 0 saturated heterocycles. The second-order valence-corrected chi connectivity index (χ2v) is 5.92. The molecule has 0 saturated carbocycles. The molecule has 0 aromatic heterocycles. The van der Waals surface area contributed by atoms with E-state index in [0.717, 1.165) is 26.1 Å². The largest absolute Gasteiger partial charge is 0.342 e. The summed E-state index contributed by atoms with van der Waals surface area (Å²) >= 11 is 0. The Balaban J connectivity index is 4.31. The molecule has 0 fully saturated rings. The third-order valence-electron chi connectivity index (χ3n) is 2.93. The van der Waals surface area contributed by atoms with E-state index < -0.39 is 6.04 Å². The van der Waals surface area contributed by atoms with Gasteiger partial charge in [-0.15, -0.1) is 0 Å². The minimum absolute atomic E-state index is 0.0683. The van der Waals surface area contributed by atoms with Gasteiger partial charge in [-0.1, -0.05) is 20.8 Å². The zero-order valence-corrected chi connectivity index (χ0v) is 12.3. The van der Waals surface area contributed by atoms with E-state index in [1.54, 1.807) is 0 Å². The van der Waals surface area contributed by atoms with Gasteiger partial charge in [-0.3, -0.25) is 4.79 Å². The van der Waals surface area contributed by atoms with E-state index in [1.165, 1.54) is 0 Å². The lowest BCUT2D eigenvalue weighted by Gasteiger charge is -2.31. The standard InChI is InChI=1S/C13H29N3O/c1-7-16(10-8-9-15(5)6)12(17)11(14)13(2,3)4/h11H,7-10,14H2,1-6H3/t11-/m0/s1. The fourth-order valence-electron chi connectivity index (χ4n) is 1.57. The summed E-state index contributed by atoms with van der Waals surface area (Å²) in [5.41, 5.74) is 5.83. The van der Waals surface area contributed by atoms with Gasteiger partial charge in [-0.2, -0.15) is 0 Å². The normalized spacial score (nSPS) is 13.9. The van der Waals surface area contributed by atoms with Crippen LogP contribution in [0.15, 0.2) is 0 Å². The minimum Gasteiger partial charge on any atom is -0.342 e. The molecular formula is C13H29N3O. The number of likely N-dealkylation sites (N-methyl/N-ethyl adjacent to an activating group) is 1. The molecule has 0 bridgehead atoms. The molecule has 0 aromatic rings. The molecule has 0 aliphatic rings. The van der Waals surface area contributed by atoms with Gasteiger partial charge in [0, 0.05) is 13.1 Å². The van der Waals surface area contributed by atoms with Gasteiger partial charge in [0.25, 0.3) is 0 Å². The molecule has 102 valence electrons. The molecule has 0 aliphatic carbocycles. The van der Waals surface area contributed by atoms with Crippen molar-refractivity contribution in [3.8, 4) is 0 Å². The van der Waals surface area contributed by atoms with Crippen LogP contribution in [-0.2, 0) is 4.79 Å². The highest BCUT2D eigenvalue weighted by Gasteiger charge is 2.30. The van der Waals surface area contributed by atoms with Crippen molar-refractivity contribution in [2.45, 2.75) is 40.2 Å². The number of carbonyl (C=O) groups excluding carboxylic acids is 1. The molecule has 0 aliphatic heterocycles. The first kappa shape index (κ1) is 16.4. The van der Waals surface area contributed by atoms with E-state index in [4.69, 9.17) is 5.73 Å². The summed E-state index contributed by atoms with van der Waals surface area (Å²) in [6.45, 7) is 10.5. The van der Waals surface area contributed by atoms with E-state index in [9.17, 15) is 4.79 Å². The average Bonchev–Trinajstić information content (AvgIpc) is 2.20. The summed E-state index contributed by atoms with van der Waals surface area (Å²) in [7, 11) is 4.08. The van der Waals surface area contributed by atoms with Crippen LogP contribution in [0.1, 0.15) is 34.1 Å². The van der Waals surface area contributed by atoms with Crippen LogP contribution in [0.4, 0.5) is 0 Å². The fourth-order valence-corrected chi connectivity index (χ4v) is 1.57. The quantitative estimate of drug-likeness (QED) is 0.761. The number of amides is 1. The number of nitrogens with two attached hydrogens (primary N) is 1. The van der Waals surface area contributed by atoms with Gasteiger partial charge in [-0.05, 0) is 39.4 Å². The van der Waals surface area contributed by atoms with Crippen molar-refractivity contribution >= 4 is 5.91 Å². The van der Waals surface area contributed by atoms with Crippen molar-refractivity contribution in [1.29, 1.82) is 0 Å². The van der Waals surface area contributed by atoms with Crippen molar-refractivity contribution in [2.75, 3.05) is 33.7 Å². The van der Waals surface area contributed by atoms with Crippen molar-refractivity contribution in [3.05, 3.63) is 0 Å². The molecule has 1 amide bonds. The van der Waals surface area contributed by atoms with E-state index >= 15 is 0 Å². The molecular weight excluding hydrogens is 214 g/mol. The number of hydrogen-bond donors (Lipinski definition) is 1. The third kappa shape index (κ3) is 6.03. The van der Waals surface area contributed by atoms with E-state index in [2.05, 4.69) is 4.90 Å². The zero-order valence-electron chi connectivity index (χ0n) is 12.3. The second-order valence-electron chi connectivity index (χ2n) is 5.92. The fraction of sp³-hybridized carbons (Fsp3) is 0.923. The van der Waals surface area contributed by atoms with Crippen molar-refractivity contribution in [3.63, 3.8) is 0 Å². The molecule has 4 heteroatoms. The summed E-state index contributed by atoms with van der Waals surface area (Å²) in [6.07, 6.45) is 0.990. The van der Waals surface area contributed by atoms with Crippen molar-refractivity contribution in [2.24, 2.45) is 11.1 Å². The third-order valence-corrected chi connectivity index (χ3v) is 2.93. The van der Waals surface area contributed by atoms with E-state index in [1.807, 2.05) is 46.7 Å². The van der Waals surface area contributed by atoms with E-state index in [-0.39, 0.29) is 11.3 Å². The lowest BCUT2D eigenvalue weighted by Crippen LogP contribution is -2.50. The molecule has 0 aromatic carbocycles. The predicted molar refractivity (Wildman–Crippen MR) is 72.9 cm³/mol. The van der Waals surface area contributed by atoms with Gasteiger partial charge in [-0.25, -0.2) is 0 Å². The topological polar surface area (TPSA) is 49.6 Å². The van der Waals surface area contributed by atoms with Gasteiger partial charge in [0.2, 0.25) is 5.91 Å². The summed E-state index contributed by atoms with van der Waals surface area (Å²) < 4.78 is 0. The van der Waals surface area contributed by atoms with Crippen LogP contribution in [0.25, 0.3) is 0 Å². The Morgan fingerprint density at radius 3 is 2.12 bits per heavy atom. The first-order chi connectivity index (χ1) is 7.70. The molecule has 4 nitrogen and oxygen atoms in total. The van der Waals surface area contributed by atoms with Crippen LogP contribution >= 0.6 is 0 Å². The van der Waals surface area contributed by atoms with Gasteiger partial charge in [0.05, 0.1) is 6.04 Å². The first-order valence-electron chi connectivity index (χ1n) is 6.39. The number of carbonyl (C=O) groups is 1. The van der Waals surface area contributed by atoms with Gasteiger partial charge < -0.3 is 15.5 Å². The Morgan fingerprint density at radius 2 is 1.76 bits per heavy atom. The summed E-state index contributed by atoms with van der Waals surface area (Å²) in [4.78, 5) is 16.2. The van der Waals surface area contributed by atoms with Crippen LogP contribution < -0.4 is 5.73 Å². The van der Waals surface area contributed by atoms with Crippen LogP contribution in [0, 0.1) is 5.41 Å². The lowest BCUT2D eigenvalue weighted by molar-refractivity contribution is -0.134. The Labute approximate surface area is 106 Å². The first-order valence-corrected chi connectivity index (χ1v) is 6.39. The monoisotopic (exact) mass is 243 g/mol. The number of hydrogen-bond acceptors (Lipinski definition) is 3. The summed E-state index contributed by atoms with van der Waals surface area (Å²) in [5.74, 6) is 0.0683. The Bertz CT molecular complexity index is 233. The molecule has 0 unspecified atom stereocenters. The Kier molecular flexibility index (Phi) is 6.72. The number of nitrogens with zero attached hydrogens (tertiary/aromatic N) is 2. The molecule has 0 heterocycles. The van der Waals surface area contributed by atoms with Crippen LogP contribution in [0.5, 0.6) is 0 Å². The summed E-state index contributed by atoms with van der Waals surface area (Å²) in [5, 5.41) is 0. The number of rotatable bonds is 6. The lowest BCUT2D eigenvalue weighted by atomic mass is 9.86. The maximum absolute atomic E-state index is 12.2. The van der Waals surface area contributed by atoms with Crippen LogP contribution in [-0.4, -0.2) is 55.5 Å². The van der Waals surface area contributed by atoms with Gasteiger partial charge >= 0.3 is 0 Å². The summed E-state index contributed by atoms with van der Waals surface area (Å²) in [6, 6.07) is -0.415.